The van der Waals surface area contributed by atoms with E-state index in [2.05, 4.69) is 9.72 Å². The molecule has 0 fully saturated rings. The molecule has 0 N–H and O–H groups in total. The number of hydrogen-bond donors (Lipinski definition) is 0. The monoisotopic (exact) mass is 243 g/mol. The molecule has 0 spiro atoms. The number of halogens is 1. The van der Waals surface area contributed by atoms with E-state index in [4.69, 9.17) is 11.6 Å². The molecular weight excluding hydrogens is 237 g/mol. The summed E-state index contributed by atoms with van der Waals surface area (Å²) in [4.78, 5) is 7.32. The van der Waals surface area contributed by atoms with Gasteiger partial charge in [0.2, 0.25) is 0 Å². The van der Waals surface area contributed by atoms with Crippen LogP contribution in [0.1, 0.15) is 0 Å². The normalized spacial score (nSPS) is 10.6. The third kappa shape index (κ3) is 4.27. The first-order valence-electron chi connectivity index (χ1n) is 3.37. The van der Waals surface area contributed by atoms with E-state index in [1.807, 2.05) is 0 Å². The molecule has 72 valence electrons. The van der Waals surface area contributed by atoms with Gasteiger partial charge in [0.1, 0.15) is 16.1 Å². The molecule has 0 unspecified atom stereocenters. The quantitative estimate of drug-likeness (QED) is 0.383. The van der Waals surface area contributed by atoms with Gasteiger partial charge in [-0.15, -0.1) is 0 Å². The van der Waals surface area contributed by atoms with Gasteiger partial charge in [-0.2, -0.15) is 0 Å². The van der Waals surface area contributed by atoms with Crippen LogP contribution in [-0.4, -0.2) is 14.5 Å². The smallest absolute Gasteiger partial charge is 0.459 e. The summed E-state index contributed by atoms with van der Waals surface area (Å²) in [6.45, 7) is 0. The SMILES string of the molecule is O=S(=O)([N-]OCCl)c1ccccc1.[Na+]. The zero-order valence-corrected chi connectivity index (χ0v) is 11.1. The number of nitrogens with zero attached hydrogens (tertiary/aromatic N) is 1. The summed E-state index contributed by atoms with van der Waals surface area (Å²) in [5.41, 5.74) is 0. The van der Waals surface area contributed by atoms with Crippen molar-refractivity contribution in [3.05, 3.63) is 35.2 Å². The minimum Gasteiger partial charge on any atom is -0.459 e. The van der Waals surface area contributed by atoms with Gasteiger partial charge in [-0.3, -0.25) is 0 Å². The predicted octanol–water partition coefficient (Wildman–Crippen LogP) is -1.12. The van der Waals surface area contributed by atoms with Gasteiger partial charge in [-0.05, 0) is 12.1 Å². The Hall–Kier alpha value is 0.380. The maximum atomic E-state index is 11.2. The van der Waals surface area contributed by atoms with Crippen LogP contribution in [0.3, 0.4) is 0 Å². The fourth-order valence-electron chi connectivity index (χ4n) is 0.725. The van der Waals surface area contributed by atoms with Gasteiger partial charge in [0.25, 0.3) is 0 Å². The molecule has 0 aromatic heterocycles. The fraction of sp³-hybridized carbons (Fsp3) is 0.143. The van der Waals surface area contributed by atoms with Crippen molar-refractivity contribution >= 4 is 21.6 Å². The maximum absolute atomic E-state index is 11.2. The second-order valence-corrected chi connectivity index (χ2v) is 3.89. The molecule has 0 radical (unpaired) electrons. The first-order chi connectivity index (χ1) is 6.17. The Morgan fingerprint density at radius 1 is 1.29 bits per heavy atom. The molecule has 14 heavy (non-hydrogen) atoms. The van der Waals surface area contributed by atoms with Crippen LogP contribution in [0.25, 0.3) is 4.89 Å². The van der Waals surface area contributed by atoms with Crippen molar-refractivity contribution in [3.63, 3.8) is 0 Å². The summed E-state index contributed by atoms with van der Waals surface area (Å²) >= 11 is 5.11. The van der Waals surface area contributed by atoms with Gasteiger partial charge < -0.3 is 9.72 Å². The molecule has 1 aromatic carbocycles. The third-order valence-corrected chi connectivity index (χ3v) is 2.51. The van der Waals surface area contributed by atoms with Crippen molar-refractivity contribution in [2.75, 3.05) is 6.07 Å². The van der Waals surface area contributed by atoms with E-state index in [-0.39, 0.29) is 40.5 Å². The van der Waals surface area contributed by atoms with Crippen molar-refractivity contribution in [2.45, 2.75) is 4.90 Å². The Morgan fingerprint density at radius 3 is 2.36 bits per heavy atom. The van der Waals surface area contributed by atoms with E-state index in [1.165, 1.54) is 12.1 Å². The van der Waals surface area contributed by atoms with E-state index in [0.29, 0.717) is 0 Å². The molecule has 0 amide bonds. The topological polar surface area (TPSA) is 57.5 Å². The molecule has 0 aliphatic carbocycles. The number of sulfonamides is 1. The molecule has 4 nitrogen and oxygen atoms in total. The van der Waals surface area contributed by atoms with Crippen LogP contribution in [0.5, 0.6) is 0 Å². The van der Waals surface area contributed by atoms with Gasteiger partial charge in [0, 0.05) is 4.90 Å². The molecule has 0 saturated heterocycles. The molecule has 1 aromatic rings. The number of benzene rings is 1. The van der Waals surface area contributed by atoms with Crippen molar-refractivity contribution in [3.8, 4) is 0 Å². The van der Waals surface area contributed by atoms with E-state index in [0.717, 1.165) is 0 Å². The summed E-state index contributed by atoms with van der Waals surface area (Å²) < 4.78 is 22.5. The largest absolute Gasteiger partial charge is 1.00 e. The van der Waals surface area contributed by atoms with Gasteiger partial charge in [-0.25, -0.2) is 8.42 Å². The van der Waals surface area contributed by atoms with E-state index in [9.17, 15) is 8.42 Å². The van der Waals surface area contributed by atoms with E-state index in [1.54, 1.807) is 18.2 Å². The van der Waals surface area contributed by atoms with Gasteiger partial charge >= 0.3 is 29.6 Å². The molecule has 0 aliphatic heterocycles. The summed E-state index contributed by atoms with van der Waals surface area (Å²) in [7, 11) is -3.70. The molecule has 0 saturated carbocycles. The number of alkyl halides is 1. The summed E-state index contributed by atoms with van der Waals surface area (Å²) in [5, 5.41) is 0. The zero-order valence-electron chi connectivity index (χ0n) is 7.55. The van der Waals surface area contributed by atoms with Crippen LogP contribution in [0.2, 0.25) is 0 Å². The van der Waals surface area contributed by atoms with Crippen LogP contribution in [-0.2, 0) is 14.9 Å². The summed E-state index contributed by atoms with van der Waals surface area (Å²) in [6.07, 6.45) is 0. The Kier molecular flexibility index (Phi) is 6.97. The Bertz CT molecular complexity index is 356. The molecule has 1 rings (SSSR count). The number of rotatable bonds is 4. The van der Waals surface area contributed by atoms with Crippen molar-refractivity contribution in [1.82, 2.24) is 0 Å². The van der Waals surface area contributed by atoms with Crippen molar-refractivity contribution in [2.24, 2.45) is 0 Å². The summed E-state index contributed by atoms with van der Waals surface area (Å²) in [6, 6.07) is 7.48. The fourth-order valence-corrected chi connectivity index (χ4v) is 1.61. The van der Waals surface area contributed by atoms with Crippen LogP contribution in [0.15, 0.2) is 35.2 Å². The second-order valence-electron chi connectivity index (χ2n) is 2.10. The molecule has 0 bridgehead atoms. The third-order valence-electron chi connectivity index (χ3n) is 1.24. The van der Waals surface area contributed by atoms with Crippen LogP contribution >= 0.6 is 11.6 Å². The standard InChI is InChI=1S/C7H7ClNO3S.Na/c8-6-12-9-13(10,11)7-4-2-1-3-5-7;/h1-5H,6H2;/q-1;+1. The first kappa shape index (κ1) is 14.4. The predicted molar refractivity (Wildman–Crippen MR) is 48.8 cm³/mol. The number of hydrogen-bond acceptors (Lipinski definition) is 3. The average Bonchev–Trinajstić information content (AvgIpc) is 2.16. The molecule has 0 atom stereocenters. The molecule has 7 heteroatoms. The molecule has 0 heterocycles. The van der Waals surface area contributed by atoms with Crippen molar-refractivity contribution in [1.29, 1.82) is 0 Å². The van der Waals surface area contributed by atoms with Gasteiger partial charge in [-0.1, -0.05) is 29.8 Å². The van der Waals surface area contributed by atoms with Gasteiger partial charge in [0.15, 0.2) is 0 Å². The Balaban J connectivity index is 0.00000169. The Labute approximate surface area is 110 Å². The maximum Gasteiger partial charge on any atom is 1.00 e. The van der Waals surface area contributed by atoms with Crippen LogP contribution in [0, 0.1) is 0 Å². The Morgan fingerprint density at radius 2 is 1.86 bits per heavy atom. The van der Waals surface area contributed by atoms with Crippen LogP contribution < -0.4 is 29.6 Å². The van der Waals surface area contributed by atoms with Crippen LogP contribution in [0.4, 0.5) is 0 Å². The van der Waals surface area contributed by atoms with Crippen molar-refractivity contribution < 1.29 is 42.8 Å². The summed E-state index contributed by atoms with van der Waals surface area (Å²) in [5.74, 6) is 0. The first-order valence-corrected chi connectivity index (χ1v) is 5.34. The minimum atomic E-state index is -3.70. The van der Waals surface area contributed by atoms with Gasteiger partial charge in [0.05, 0.1) is 0 Å². The zero-order chi connectivity index (χ0) is 9.73. The molecule has 0 aliphatic rings. The average molecular weight is 244 g/mol. The van der Waals surface area contributed by atoms with E-state index < -0.39 is 10.0 Å². The molecular formula is C7H7ClNNaO3S. The van der Waals surface area contributed by atoms with E-state index >= 15 is 0 Å². The minimum absolute atomic E-state index is 0. The second kappa shape index (κ2) is 6.79.